The van der Waals surface area contributed by atoms with Crippen LogP contribution in [0.2, 0.25) is 0 Å². The Bertz CT molecular complexity index is 819. The van der Waals surface area contributed by atoms with Crippen LogP contribution in [0.15, 0.2) is 30.3 Å². The van der Waals surface area contributed by atoms with Gasteiger partial charge in [-0.2, -0.15) is 0 Å². The van der Waals surface area contributed by atoms with Crippen molar-refractivity contribution in [3.8, 4) is 0 Å². The van der Waals surface area contributed by atoms with Crippen LogP contribution in [-0.2, 0) is 28.6 Å². The van der Waals surface area contributed by atoms with Crippen molar-refractivity contribution in [2.45, 2.75) is 51.4 Å². The van der Waals surface area contributed by atoms with Gasteiger partial charge in [-0.1, -0.05) is 30.3 Å². The highest BCUT2D eigenvalue weighted by Gasteiger charge is 2.35. The zero-order valence-electron chi connectivity index (χ0n) is 19.0. The first-order valence-electron chi connectivity index (χ1n) is 10.6. The highest BCUT2D eigenvalue weighted by molar-refractivity contribution is 5.83. The number of nitrogens with one attached hydrogen (secondary N) is 2. The zero-order valence-corrected chi connectivity index (χ0v) is 19.0. The Hall–Kier alpha value is -3.18. The summed E-state index contributed by atoms with van der Waals surface area (Å²) in [5, 5.41) is 13.9. The van der Waals surface area contributed by atoms with Crippen LogP contribution in [0.25, 0.3) is 0 Å². The smallest absolute Gasteiger partial charge is 0.408 e. The van der Waals surface area contributed by atoms with E-state index in [2.05, 4.69) is 10.7 Å². The van der Waals surface area contributed by atoms with E-state index in [4.69, 9.17) is 14.2 Å². The molecule has 0 aliphatic carbocycles. The minimum absolute atomic E-state index is 0.183. The molecule has 0 radical (unpaired) electrons. The van der Waals surface area contributed by atoms with Crippen molar-refractivity contribution in [1.82, 2.24) is 15.8 Å². The minimum atomic E-state index is -1.73. The number of amides is 2. The lowest BCUT2D eigenvalue weighted by atomic mass is 10.0. The Kier molecular flexibility index (Phi) is 9.61. The second kappa shape index (κ2) is 12.2. The summed E-state index contributed by atoms with van der Waals surface area (Å²) in [5.41, 5.74) is 2.26. The maximum atomic E-state index is 12.4. The number of carboxylic acids is 1. The molecule has 1 aliphatic heterocycles. The number of hydrazine groups is 1. The Morgan fingerprint density at radius 2 is 1.73 bits per heavy atom. The predicted octanol–water partition coefficient (Wildman–Crippen LogP) is 1.39. The molecule has 2 amide bonds. The molecule has 1 aromatic carbocycles. The lowest BCUT2D eigenvalue weighted by Crippen LogP contribution is -2.48. The summed E-state index contributed by atoms with van der Waals surface area (Å²) in [6.07, 6.45) is -3.09. The van der Waals surface area contributed by atoms with E-state index >= 15 is 0 Å². The molecule has 1 aliphatic rings. The van der Waals surface area contributed by atoms with Gasteiger partial charge in [0, 0.05) is 19.5 Å². The number of esters is 1. The largest absolute Gasteiger partial charge is 0.478 e. The predicted molar refractivity (Wildman–Crippen MR) is 116 cm³/mol. The van der Waals surface area contributed by atoms with Crippen molar-refractivity contribution in [2.75, 3.05) is 26.3 Å². The summed E-state index contributed by atoms with van der Waals surface area (Å²) in [4.78, 5) is 48.7. The van der Waals surface area contributed by atoms with Gasteiger partial charge >= 0.3 is 18.0 Å². The molecule has 1 saturated heterocycles. The molecule has 2 atom stereocenters. The highest BCUT2D eigenvalue weighted by atomic mass is 16.6. The molecular formula is C22H31N3O8. The summed E-state index contributed by atoms with van der Waals surface area (Å²) < 4.78 is 15.6. The monoisotopic (exact) mass is 465 g/mol. The number of morpholine rings is 1. The SMILES string of the molecule is CC(C)(C)OC(=O)N[C@@H](c1ccccc1)[C@@H](OC(=O)CCC(=O)NN1CCOCC1)C(=O)O. The van der Waals surface area contributed by atoms with Crippen LogP contribution >= 0.6 is 0 Å². The third-order valence-corrected chi connectivity index (χ3v) is 4.49. The summed E-state index contributed by atoms with van der Waals surface area (Å²) in [7, 11) is 0. The molecule has 1 aromatic rings. The van der Waals surface area contributed by atoms with E-state index in [0.717, 1.165) is 0 Å². The number of hydrogen-bond acceptors (Lipinski definition) is 8. The fraction of sp³-hybridized carbons (Fsp3) is 0.545. The van der Waals surface area contributed by atoms with E-state index in [1.807, 2.05) is 0 Å². The highest BCUT2D eigenvalue weighted by Crippen LogP contribution is 2.22. The molecule has 0 saturated carbocycles. The molecule has 1 fully saturated rings. The number of rotatable bonds is 9. The van der Waals surface area contributed by atoms with Gasteiger partial charge in [0.15, 0.2) is 0 Å². The van der Waals surface area contributed by atoms with Crippen molar-refractivity contribution >= 4 is 23.9 Å². The summed E-state index contributed by atoms with van der Waals surface area (Å²) in [5.74, 6) is -2.73. The number of carboxylic acid groups (broad SMARTS) is 1. The van der Waals surface area contributed by atoms with Crippen LogP contribution in [0.5, 0.6) is 0 Å². The molecule has 182 valence electrons. The van der Waals surface area contributed by atoms with Gasteiger partial charge < -0.3 is 24.6 Å². The van der Waals surface area contributed by atoms with Gasteiger partial charge in [-0.25, -0.2) is 14.6 Å². The second-order valence-electron chi connectivity index (χ2n) is 8.42. The molecule has 1 heterocycles. The Labute approximate surface area is 192 Å². The maximum Gasteiger partial charge on any atom is 0.408 e. The van der Waals surface area contributed by atoms with Crippen molar-refractivity contribution in [1.29, 1.82) is 0 Å². The van der Waals surface area contributed by atoms with E-state index < -0.39 is 41.7 Å². The molecule has 0 aromatic heterocycles. The van der Waals surface area contributed by atoms with Crippen LogP contribution in [0.3, 0.4) is 0 Å². The first-order valence-corrected chi connectivity index (χ1v) is 10.6. The van der Waals surface area contributed by atoms with Crippen LogP contribution in [-0.4, -0.2) is 72.1 Å². The second-order valence-corrected chi connectivity index (χ2v) is 8.42. The standard InChI is InChI=1S/C22H31N3O8/c1-22(2,3)33-21(30)23-18(15-7-5-4-6-8-15)19(20(28)29)32-17(27)10-9-16(26)24-25-11-13-31-14-12-25/h4-8,18-19H,9-14H2,1-3H3,(H,23,30)(H,24,26)(H,28,29)/t18-,19+/m0/s1. The van der Waals surface area contributed by atoms with Crippen molar-refractivity contribution in [3.63, 3.8) is 0 Å². The van der Waals surface area contributed by atoms with Gasteiger partial charge in [0.1, 0.15) is 11.6 Å². The van der Waals surface area contributed by atoms with Gasteiger partial charge in [0.2, 0.25) is 12.0 Å². The topological polar surface area (TPSA) is 143 Å². The van der Waals surface area contributed by atoms with Crippen molar-refractivity contribution in [2.24, 2.45) is 0 Å². The molecule has 33 heavy (non-hydrogen) atoms. The fourth-order valence-electron chi connectivity index (χ4n) is 3.01. The van der Waals surface area contributed by atoms with Crippen molar-refractivity contribution in [3.05, 3.63) is 35.9 Å². The quantitative estimate of drug-likeness (QED) is 0.461. The normalized spacial score (nSPS) is 16.2. The van der Waals surface area contributed by atoms with Crippen LogP contribution in [0, 0.1) is 0 Å². The van der Waals surface area contributed by atoms with Gasteiger partial charge in [0.25, 0.3) is 0 Å². The average molecular weight is 466 g/mol. The molecule has 0 spiro atoms. The number of alkyl carbamates (subject to hydrolysis) is 1. The molecule has 11 nitrogen and oxygen atoms in total. The molecule has 0 unspecified atom stereocenters. The Balaban J connectivity index is 2.03. The number of hydrogen-bond donors (Lipinski definition) is 3. The van der Waals surface area contributed by atoms with E-state index in [0.29, 0.717) is 31.9 Å². The molecule has 0 bridgehead atoms. The third kappa shape index (κ3) is 9.46. The summed E-state index contributed by atoms with van der Waals surface area (Å²) in [6, 6.07) is 7.04. The number of nitrogens with zero attached hydrogens (tertiary/aromatic N) is 1. The lowest BCUT2D eigenvalue weighted by molar-refractivity contribution is -0.166. The molecule has 3 N–H and O–H groups in total. The van der Waals surface area contributed by atoms with Crippen LogP contribution < -0.4 is 10.7 Å². The fourth-order valence-corrected chi connectivity index (χ4v) is 3.01. The summed E-state index contributed by atoms with van der Waals surface area (Å²) in [6.45, 7) is 7.06. The number of carbonyl (C=O) groups excluding carboxylic acids is 3. The molecule has 2 rings (SSSR count). The molecular weight excluding hydrogens is 434 g/mol. The van der Waals surface area contributed by atoms with E-state index in [1.165, 1.54) is 0 Å². The first kappa shape index (κ1) is 26.1. The zero-order chi connectivity index (χ0) is 24.4. The van der Waals surface area contributed by atoms with Gasteiger partial charge in [-0.15, -0.1) is 0 Å². The van der Waals surface area contributed by atoms with Gasteiger partial charge in [0.05, 0.1) is 19.6 Å². The van der Waals surface area contributed by atoms with E-state index in [1.54, 1.807) is 56.1 Å². The third-order valence-electron chi connectivity index (χ3n) is 4.49. The minimum Gasteiger partial charge on any atom is -0.478 e. The Morgan fingerprint density at radius 3 is 2.30 bits per heavy atom. The Morgan fingerprint density at radius 1 is 1.09 bits per heavy atom. The number of benzene rings is 1. The first-order chi connectivity index (χ1) is 15.5. The number of ether oxygens (including phenoxy) is 3. The summed E-state index contributed by atoms with van der Waals surface area (Å²) >= 11 is 0. The van der Waals surface area contributed by atoms with E-state index in [-0.39, 0.29) is 12.8 Å². The van der Waals surface area contributed by atoms with Crippen molar-refractivity contribution < 1.29 is 38.5 Å². The lowest BCUT2D eigenvalue weighted by Gasteiger charge is -2.28. The number of carbonyl (C=O) groups is 4. The average Bonchev–Trinajstić information content (AvgIpc) is 2.74. The molecule has 11 heteroatoms. The maximum absolute atomic E-state index is 12.4. The van der Waals surface area contributed by atoms with Gasteiger partial charge in [-0.3, -0.25) is 15.0 Å². The van der Waals surface area contributed by atoms with Crippen LogP contribution in [0.4, 0.5) is 4.79 Å². The van der Waals surface area contributed by atoms with E-state index in [9.17, 15) is 24.3 Å². The van der Waals surface area contributed by atoms with Crippen LogP contribution in [0.1, 0.15) is 45.2 Å². The van der Waals surface area contributed by atoms with Gasteiger partial charge in [-0.05, 0) is 26.3 Å². The number of aliphatic carboxylic acids is 1.